The Bertz CT molecular complexity index is 450. The summed E-state index contributed by atoms with van der Waals surface area (Å²) in [7, 11) is 0. The number of hydrogen-bond donors (Lipinski definition) is 1. The minimum atomic E-state index is 0.252. The molecule has 1 aliphatic carbocycles. The molecule has 1 N–H and O–H groups in total. The molecule has 1 aromatic carbocycles. The molecule has 3 rings (SSSR count). The standard InChI is InChI=1S/C16H22N2/c1-3-10-18-12-16(2,14-8-9-14)17-11-13-6-4-5-7-15(13)18/h3-7,14,17H,1,8-12H2,2H3. The topological polar surface area (TPSA) is 15.3 Å². The minimum absolute atomic E-state index is 0.252. The van der Waals surface area contributed by atoms with Crippen LogP contribution in [0.3, 0.4) is 0 Å². The first-order valence-corrected chi connectivity index (χ1v) is 6.92. The van der Waals surface area contributed by atoms with Crippen molar-refractivity contribution in [2.45, 2.75) is 31.8 Å². The van der Waals surface area contributed by atoms with Crippen molar-refractivity contribution >= 4 is 5.69 Å². The van der Waals surface area contributed by atoms with E-state index < -0.39 is 0 Å². The average Bonchev–Trinajstić information content (AvgIpc) is 3.20. The molecule has 1 unspecified atom stereocenters. The zero-order valence-electron chi connectivity index (χ0n) is 11.2. The van der Waals surface area contributed by atoms with Gasteiger partial charge in [0.25, 0.3) is 0 Å². The number of anilines is 1. The molecule has 18 heavy (non-hydrogen) atoms. The fourth-order valence-corrected chi connectivity index (χ4v) is 3.12. The number of rotatable bonds is 3. The molecule has 1 saturated carbocycles. The van der Waals surface area contributed by atoms with Crippen molar-refractivity contribution in [2.75, 3.05) is 18.0 Å². The second-order valence-corrected chi connectivity index (χ2v) is 5.84. The smallest absolute Gasteiger partial charge is 0.0415 e. The third-order valence-electron chi connectivity index (χ3n) is 4.36. The Morgan fingerprint density at radius 1 is 1.44 bits per heavy atom. The van der Waals surface area contributed by atoms with Crippen molar-refractivity contribution in [3.8, 4) is 0 Å². The fourth-order valence-electron chi connectivity index (χ4n) is 3.12. The van der Waals surface area contributed by atoms with Gasteiger partial charge in [0.05, 0.1) is 0 Å². The molecule has 0 radical (unpaired) electrons. The van der Waals surface area contributed by atoms with Crippen molar-refractivity contribution in [2.24, 2.45) is 5.92 Å². The van der Waals surface area contributed by atoms with Crippen LogP contribution >= 0.6 is 0 Å². The number of nitrogens with zero attached hydrogens (tertiary/aromatic N) is 1. The van der Waals surface area contributed by atoms with Crippen LogP contribution in [0.25, 0.3) is 0 Å². The van der Waals surface area contributed by atoms with Crippen molar-refractivity contribution in [3.63, 3.8) is 0 Å². The van der Waals surface area contributed by atoms with Crippen LogP contribution in [0, 0.1) is 5.92 Å². The van der Waals surface area contributed by atoms with E-state index in [1.165, 1.54) is 24.1 Å². The molecule has 1 aliphatic heterocycles. The number of hydrogen-bond acceptors (Lipinski definition) is 2. The highest BCUT2D eigenvalue weighted by molar-refractivity contribution is 5.55. The Labute approximate surface area is 110 Å². The third-order valence-corrected chi connectivity index (χ3v) is 4.36. The first-order chi connectivity index (χ1) is 8.73. The molecule has 1 aromatic rings. The molecule has 1 fully saturated rings. The zero-order chi connectivity index (χ0) is 12.6. The Hall–Kier alpha value is -1.28. The Morgan fingerprint density at radius 3 is 2.94 bits per heavy atom. The summed E-state index contributed by atoms with van der Waals surface area (Å²) in [6, 6.07) is 8.73. The number of nitrogens with one attached hydrogen (secondary N) is 1. The van der Waals surface area contributed by atoms with Crippen molar-refractivity contribution in [1.82, 2.24) is 5.32 Å². The van der Waals surface area contributed by atoms with E-state index in [0.29, 0.717) is 0 Å². The van der Waals surface area contributed by atoms with Crippen LogP contribution in [0.4, 0.5) is 5.69 Å². The lowest BCUT2D eigenvalue weighted by Gasteiger charge is -2.34. The lowest BCUT2D eigenvalue weighted by Crippen LogP contribution is -2.51. The van der Waals surface area contributed by atoms with Gasteiger partial charge in [0, 0.05) is 30.9 Å². The highest BCUT2D eigenvalue weighted by Crippen LogP contribution is 2.42. The van der Waals surface area contributed by atoms with E-state index in [1.54, 1.807) is 0 Å². The summed E-state index contributed by atoms with van der Waals surface area (Å²) in [5, 5.41) is 3.79. The second kappa shape index (κ2) is 4.43. The second-order valence-electron chi connectivity index (χ2n) is 5.84. The normalized spacial score (nSPS) is 27.5. The molecule has 0 amide bonds. The van der Waals surface area contributed by atoms with Gasteiger partial charge in [-0.1, -0.05) is 24.3 Å². The van der Waals surface area contributed by atoms with Crippen molar-refractivity contribution < 1.29 is 0 Å². The predicted octanol–water partition coefficient (Wildman–Crippen LogP) is 2.95. The molecule has 0 aromatic heterocycles. The monoisotopic (exact) mass is 242 g/mol. The van der Waals surface area contributed by atoms with E-state index in [9.17, 15) is 0 Å². The molecule has 0 bridgehead atoms. The zero-order valence-corrected chi connectivity index (χ0v) is 11.2. The summed E-state index contributed by atoms with van der Waals surface area (Å²) in [4.78, 5) is 2.47. The van der Waals surface area contributed by atoms with E-state index in [2.05, 4.69) is 48.0 Å². The molecular weight excluding hydrogens is 220 g/mol. The average molecular weight is 242 g/mol. The minimum Gasteiger partial charge on any atom is -0.366 e. The lowest BCUT2D eigenvalue weighted by atomic mass is 9.95. The maximum atomic E-state index is 3.90. The third kappa shape index (κ3) is 2.05. The molecule has 2 aliphatic rings. The van der Waals surface area contributed by atoms with E-state index in [-0.39, 0.29) is 5.54 Å². The predicted molar refractivity (Wildman–Crippen MR) is 76.8 cm³/mol. The van der Waals surface area contributed by atoms with Crippen LogP contribution in [-0.4, -0.2) is 18.6 Å². The highest BCUT2D eigenvalue weighted by atomic mass is 15.2. The maximum absolute atomic E-state index is 3.90. The molecule has 2 nitrogen and oxygen atoms in total. The van der Waals surface area contributed by atoms with Crippen molar-refractivity contribution in [1.29, 1.82) is 0 Å². The van der Waals surface area contributed by atoms with E-state index in [0.717, 1.165) is 25.6 Å². The number of fused-ring (bicyclic) bond motifs is 1. The summed E-state index contributed by atoms with van der Waals surface area (Å²) >= 11 is 0. The SMILES string of the molecule is C=CCN1CC(C)(C2CC2)NCc2ccccc21. The van der Waals surface area contributed by atoms with Gasteiger partial charge in [-0.2, -0.15) is 0 Å². The summed E-state index contributed by atoms with van der Waals surface area (Å²) in [5.74, 6) is 0.846. The first kappa shape index (κ1) is 11.8. The quantitative estimate of drug-likeness (QED) is 0.820. The highest BCUT2D eigenvalue weighted by Gasteiger charge is 2.43. The summed E-state index contributed by atoms with van der Waals surface area (Å²) < 4.78 is 0. The van der Waals surface area contributed by atoms with Crippen LogP contribution < -0.4 is 10.2 Å². The van der Waals surface area contributed by atoms with Gasteiger partial charge in [0.15, 0.2) is 0 Å². The lowest BCUT2D eigenvalue weighted by molar-refractivity contribution is 0.318. The summed E-state index contributed by atoms with van der Waals surface area (Å²) in [5.41, 5.74) is 3.03. The van der Waals surface area contributed by atoms with Gasteiger partial charge < -0.3 is 10.2 Å². The van der Waals surface area contributed by atoms with Gasteiger partial charge in [-0.15, -0.1) is 6.58 Å². The first-order valence-electron chi connectivity index (χ1n) is 6.92. The van der Waals surface area contributed by atoms with Gasteiger partial charge in [-0.3, -0.25) is 0 Å². The molecule has 1 heterocycles. The summed E-state index contributed by atoms with van der Waals surface area (Å²) in [6.45, 7) is 9.28. The van der Waals surface area contributed by atoms with E-state index >= 15 is 0 Å². The molecular formula is C16H22N2. The van der Waals surface area contributed by atoms with Gasteiger partial charge in [-0.25, -0.2) is 0 Å². The molecule has 1 atom stereocenters. The van der Waals surface area contributed by atoms with Gasteiger partial charge in [-0.05, 0) is 37.3 Å². The Kier molecular flexibility index (Phi) is 2.90. The number of benzene rings is 1. The molecule has 0 spiro atoms. The van der Waals surface area contributed by atoms with Crippen LogP contribution in [0.2, 0.25) is 0 Å². The van der Waals surface area contributed by atoms with E-state index in [4.69, 9.17) is 0 Å². The van der Waals surface area contributed by atoms with Crippen LogP contribution in [0.1, 0.15) is 25.3 Å². The molecule has 96 valence electrons. The molecule has 0 saturated heterocycles. The molecule has 2 heteroatoms. The number of para-hydroxylation sites is 1. The van der Waals surface area contributed by atoms with E-state index in [1.807, 2.05) is 6.08 Å². The van der Waals surface area contributed by atoms with Crippen LogP contribution in [0.5, 0.6) is 0 Å². The van der Waals surface area contributed by atoms with Gasteiger partial charge in [0.2, 0.25) is 0 Å². The van der Waals surface area contributed by atoms with Gasteiger partial charge in [0.1, 0.15) is 0 Å². The fraction of sp³-hybridized carbons (Fsp3) is 0.500. The largest absolute Gasteiger partial charge is 0.366 e. The van der Waals surface area contributed by atoms with Crippen LogP contribution in [-0.2, 0) is 6.54 Å². The summed E-state index contributed by atoms with van der Waals surface area (Å²) in [6.07, 6.45) is 4.76. The van der Waals surface area contributed by atoms with Gasteiger partial charge >= 0.3 is 0 Å². The Balaban J connectivity index is 1.94. The Morgan fingerprint density at radius 2 is 2.22 bits per heavy atom. The maximum Gasteiger partial charge on any atom is 0.0415 e. The van der Waals surface area contributed by atoms with Crippen LogP contribution in [0.15, 0.2) is 36.9 Å². The van der Waals surface area contributed by atoms with Crippen molar-refractivity contribution in [3.05, 3.63) is 42.5 Å².